The molecule has 1 amide bonds. The van der Waals surface area contributed by atoms with E-state index < -0.39 is 16.1 Å². The van der Waals surface area contributed by atoms with E-state index in [2.05, 4.69) is 48.5 Å². The highest BCUT2D eigenvalue weighted by Gasteiger charge is 2.34. The summed E-state index contributed by atoms with van der Waals surface area (Å²) in [6.07, 6.45) is 10.7. The fourth-order valence-electron chi connectivity index (χ4n) is 6.63. The molecule has 2 heterocycles. The Bertz CT molecular complexity index is 2080. The Morgan fingerprint density at radius 1 is 0.857 bits per heavy atom. The Hall–Kier alpha value is -3.76. The maximum absolute atomic E-state index is 12.6. The minimum Gasteiger partial charge on any atom is -0.303 e. The number of halogens is 2. The van der Waals surface area contributed by atoms with E-state index in [1.165, 1.54) is 54.7 Å². The molecule has 0 spiro atoms. The summed E-state index contributed by atoms with van der Waals surface area (Å²) in [5, 5.41) is 1.00. The fourth-order valence-corrected chi connectivity index (χ4v) is 9.29. The van der Waals surface area contributed by atoms with Gasteiger partial charge in [-0.15, -0.1) is 11.8 Å². The average molecular weight is 732 g/mol. The van der Waals surface area contributed by atoms with Crippen molar-refractivity contribution < 1.29 is 13.2 Å². The number of hydrogen-bond acceptors (Lipinski definition) is 5. The molecule has 4 aromatic carbocycles. The van der Waals surface area contributed by atoms with Crippen molar-refractivity contribution in [3.8, 4) is 28.1 Å². The maximum Gasteiger partial charge on any atom is 0.326 e. The number of thioether (sulfide) groups is 1. The molecule has 5 aromatic rings. The molecule has 1 saturated heterocycles. The molecule has 11 heteroatoms. The van der Waals surface area contributed by atoms with Gasteiger partial charge in [0, 0.05) is 33.8 Å². The second kappa shape index (κ2) is 14.6. The lowest BCUT2D eigenvalue weighted by Gasteiger charge is -2.21. The van der Waals surface area contributed by atoms with Crippen LogP contribution in [0.2, 0.25) is 10.0 Å². The summed E-state index contributed by atoms with van der Waals surface area (Å²) in [5.74, 6) is 2.25. The van der Waals surface area contributed by atoms with E-state index in [0.717, 1.165) is 32.7 Å². The molecule has 0 radical (unpaired) electrons. The van der Waals surface area contributed by atoms with Gasteiger partial charge in [0.05, 0.1) is 16.4 Å². The molecule has 1 saturated carbocycles. The number of carbonyl (C=O) groups excluding carboxylic acids is 1. The Kier molecular flexibility index (Phi) is 10.1. The van der Waals surface area contributed by atoms with Crippen LogP contribution in [0.5, 0.6) is 0 Å². The van der Waals surface area contributed by atoms with Crippen molar-refractivity contribution in [1.29, 1.82) is 0 Å². The number of nitrogens with one attached hydrogen (secondary N) is 1. The number of imidazole rings is 1. The number of benzene rings is 4. The summed E-state index contributed by atoms with van der Waals surface area (Å²) in [7, 11) is -3.95. The first-order valence-electron chi connectivity index (χ1n) is 16.5. The number of carbonyl (C=O) groups is 1. The smallest absolute Gasteiger partial charge is 0.303 e. The van der Waals surface area contributed by atoms with Gasteiger partial charge in [0.1, 0.15) is 12.4 Å². The topological polar surface area (TPSA) is 84.3 Å². The number of hydrogen-bond donors (Lipinski definition) is 1. The maximum atomic E-state index is 12.6. The van der Waals surface area contributed by atoms with E-state index in [1.54, 1.807) is 30.3 Å². The minimum atomic E-state index is -3.95. The lowest BCUT2D eigenvalue weighted by Crippen LogP contribution is -2.29. The van der Waals surface area contributed by atoms with Gasteiger partial charge in [-0.05, 0) is 83.3 Å². The molecule has 0 bridgehead atoms. The van der Waals surface area contributed by atoms with Crippen molar-refractivity contribution in [2.75, 3.05) is 16.6 Å². The van der Waals surface area contributed by atoms with Crippen LogP contribution < -0.4 is 9.03 Å². The summed E-state index contributed by atoms with van der Waals surface area (Å²) in [5.41, 5.74) is 5.82. The van der Waals surface area contributed by atoms with Crippen molar-refractivity contribution >= 4 is 56.8 Å². The lowest BCUT2D eigenvalue weighted by molar-refractivity contribution is -0.117. The second-order valence-electron chi connectivity index (χ2n) is 12.6. The second-order valence-corrected chi connectivity index (χ2v) is 16.2. The highest BCUT2D eigenvalue weighted by Crippen LogP contribution is 2.33. The molecule has 1 aromatic heterocycles. The number of anilines is 1. The van der Waals surface area contributed by atoms with Crippen LogP contribution in [0, 0.1) is 5.92 Å². The molecule has 7 rings (SSSR count). The SMILES string of the molecule is O=C1CN(c2cccc(-n3cc(-c4ccc(Cl)cc4Cl)nc3Cc3ccc(-c4ccc(SCCC5CCCCC5)cc4)cc3)c2)S(=O)(=O)N1. The van der Waals surface area contributed by atoms with Gasteiger partial charge in [0.2, 0.25) is 0 Å². The summed E-state index contributed by atoms with van der Waals surface area (Å²) in [4.78, 5) is 18.2. The highest BCUT2D eigenvalue weighted by atomic mass is 35.5. The zero-order chi connectivity index (χ0) is 34.0. The summed E-state index contributed by atoms with van der Waals surface area (Å²) >= 11 is 14.7. The van der Waals surface area contributed by atoms with Gasteiger partial charge < -0.3 is 4.57 Å². The third-order valence-electron chi connectivity index (χ3n) is 9.23. The van der Waals surface area contributed by atoms with Crippen LogP contribution in [-0.2, 0) is 21.4 Å². The van der Waals surface area contributed by atoms with Gasteiger partial charge in [-0.1, -0.05) is 97.8 Å². The first-order valence-corrected chi connectivity index (χ1v) is 19.7. The molecule has 1 aliphatic heterocycles. The van der Waals surface area contributed by atoms with Crippen LogP contribution in [0.4, 0.5) is 5.69 Å². The van der Waals surface area contributed by atoms with E-state index >= 15 is 0 Å². The van der Waals surface area contributed by atoms with Gasteiger partial charge in [-0.2, -0.15) is 8.42 Å². The van der Waals surface area contributed by atoms with Gasteiger partial charge in [0.25, 0.3) is 5.91 Å². The van der Waals surface area contributed by atoms with Crippen molar-refractivity contribution in [3.05, 3.63) is 119 Å². The van der Waals surface area contributed by atoms with Crippen LogP contribution in [0.25, 0.3) is 28.1 Å². The lowest BCUT2D eigenvalue weighted by atomic mass is 9.88. The average Bonchev–Trinajstić information content (AvgIpc) is 3.64. The van der Waals surface area contributed by atoms with Gasteiger partial charge in [-0.3, -0.25) is 4.79 Å². The number of aromatic nitrogens is 2. The van der Waals surface area contributed by atoms with Crippen LogP contribution >= 0.6 is 35.0 Å². The van der Waals surface area contributed by atoms with Crippen LogP contribution in [0.3, 0.4) is 0 Å². The summed E-state index contributed by atoms with van der Waals surface area (Å²) in [6.45, 7) is -0.275. The van der Waals surface area contributed by atoms with E-state index in [9.17, 15) is 13.2 Å². The Labute approximate surface area is 301 Å². The molecule has 1 aliphatic carbocycles. The molecule has 2 aliphatic rings. The Balaban J connectivity index is 1.12. The largest absolute Gasteiger partial charge is 0.326 e. The summed E-state index contributed by atoms with van der Waals surface area (Å²) in [6, 6.07) is 29.7. The molecule has 252 valence electrons. The molecule has 1 N–H and O–H groups in total. The Morgan fingerprint density at radius 3 is 2.27 bits per heavy atom. The van der Waals surface area contributed by atoms with Gasteiger partial charge in [-0.25, -0.2) is 14.0 Å². The van der Waals surface area contributed by atoms with Crippen LogP contribution in [0.15, 0.2) is 102 Å². The summed E-state index contributed by atoms with van der Waals surface area (Å²) < 4.78 is 30.2. The minimum absolute atomic E-state index is 0.275. The van der Waals surface area contributed by atoms with Crippen molar-refractivity contribution in [1.82, 2.24) is 14.3 Å². The monoisotopic (exact) mass is 730 g/mol. The van der Waals surface area contributed by atoms with Crippen molar-refractivity contribution in [2.45, 2.75) is 49.8 Å². The van der Waals surface area contributed by atoms with Gasteiger partial charge >= 0.3 is 10.2 Å². The number of amides is 1. The predicted octanol–water partition coefficient (Wildman–Crippen LogP) is 9.35. The van der Waals surface area contributed by atoms with E-state index in [0.29, 0.717) is 33.5 Å². The Morgan fingerprint density at radius 2 is 1.57 bits per heavy atom. The van der Waals surface area contributed by atoms with Crippen molar-refractivity contribution in [2.24, 2.45) is 5.92 Å². The molecule has 7 nitrogen and oxygen atoms in total. The number of nitrogens with zero attached hydrogens (tertiary/aromatic N) is 3. The van der Waals surface area contributed by atoms with E-state index in [-0.39, 0.29) is 6.54 Å². The zero-order valence-electron chi connectivity index (χ0n) is 26.8. The molecule has 49 heavy (non-hydrogen) atoms. The van der Waals surface area contributed by atoms with Crippen molar-refractivity contribution in [3.63, 3.8) is 0 Å². The molecular weight excluding hydrogens is 695 g/mol. The molecule has 0 unspecified atom stereocenters. The standard InChI is InChI=1S/C38H36Cl2N4O3S2/c39-30-15-18-34(35(40)22-30)36-24-43(31-7-4-8-32(23-31)44-25-38(45)42-49(44,46)47)37(41-36)21-27-9-11-28(12-10-27)29-13-16-33(17-14-29)48-20-19-26-5-2-1-3-6-26/h4,7-18,22-24,26H,1-3,5-6,19-21,25H2,(H,42,45). The third-order valence-corrected chi connectivity index (χ3v) is 12.2. The van der Waals surface area contributed by atoms with E-state index in [1.807, 2.05) is 39.4 Å². The first-order chi connectivity index (χ1) is 23.7. The quantitative estimate of drug-likeness (QED) is 0.145. The normalized spacial score (nSPS) is 16.2. The number of rotatable bonds is 10. The van der Waals surface area contributed by atoms with E-state index in [4.69, 9.17) is 28.2 Å². The molecule has 2 fully saturated rings. The first kappa shape index (κ1) is 33.7. The third kappa shape index (κ3) is 7.86. The highest BCUT2D eigenvalue weighted by molar-refractivity contribution is 7.99. The fraction of sp³-hybridized carbons (Fsp3) is 0.263. The molecular formula is C38H36Cl2N4O3S2. The zero-order valence-corrected chi connectivity index (χ0v) is 30.0. The molecule has 0 atom stereocenters. The van der Waals surface area contributed by atoms with Gasteiger partial charge in [0.15, 0.2) is 0 Å². The predicted molar refractivity (Wildman–Crippen MR) is 200 cm³/mol. The van der Waals surface area contributed by atoms with Crippen LogP contribution in [-0.4, -0.2) is 36.2 Å². The van der Waals surface area contributed by atoms with Crippen LogP contribution in [0.1, 0.15) is 49.9 Å².